The lowest BCUT2D eigenvalue weighted by Crippen LogP contribution is -2.31. The first kappa shape index (κ1) is 13.3. The fourth-order valence-electron chi connectivity index (χ4n) is 0.996. The molecule has 0 saturated heterocycles. The average Bonchev–Trinajstić information content (AvgIpc) is 2.26. The lowest BCUT2D eigenvalue weighted by Gasteiger charge is -2.23. The second-order valence-corrected chi connectivity index (χ2v) is 4.74. The van der Waals surface area contributed by atoms with E-state index in [1.807, 2.05) is 13.8 Å². The quantitative estimate of drug-likeness (QED) is 0.836. The molecule has 0 aliphatic rings. The Morgan fingerprint density at radius 1 is 1.38 bits per heavy atom. The van der Waals surface area contributed by atoms with Crippen LogP contribution in [0.2, 0.25) is 0 Å². The van der Waals surface area contributed by atoms with Crippen molar-refractivity contribution < 1.29 is 14.2 Å². The van der Waals surface area contributed by atoms with Gasteiger partial charge in [0.05, 0.1) is 17.2 Å². The topological polar surface area (TPSA) is 40.6 Å². The number of ether oxygens (including phenoxy) is 3. The van der Waals surface area contributed by atoms with E-state index in [-0.39, 0.29) is 5.60 Å². The van der Waals surface area contributed by atoms with E-state index in [0.717, 1.165) is 4.47 Å². The van der Waals surface area contributed by atoms with Gasteiger partial charge >= 0.3 is 0 Å². The monoisotopic (exact) mass is 289 g/mol. The molecule has 90 valence electrons. The van der Waals surface area contributed by atoms with Gasteiger partial charge in [-0.15, -0.1) is 0 Å². The molecule has 0 radical (unpaired) electrons. The maximum absolute atomic E-state index is 5.57. The highest BCUT2D eigenvalue weighted by molar-refractivity contribution is 9.10. The summed E-state index contributed by atoms with van der Waals surface area (Å²) < 4.78 is 16.8. The van der Waals surface area contributed by atoms with Crippen LogP contribution < -0.4 is 9.47 Å². The third-order valence-electron chi connectivity index (χ3n) is 2.14. The molecule has 1 aromatic heterocycles. The normalized spacial score (nSPS) is 11.3. The van der Waals surface area contributed by atoms with Crippen LogP contribution in [0.4, 0.5) is 0 Å². The zero-order valence-electron chi connectivity index (χ0n) is 9.91. The highest BCUT2D eigenvalue weighted by Crippen LogP contribution is 2.32. The smallest absolute Gasteiger partial charge is 0.258 e. The summed E-state index contributed by atoms with van der Waals surface area (Å²) in [5.74, 6) is 1.05. The molecule has 0 atom stereocenters. The van der Waals surface area contributed by atoms with Crippen LogP contribution in [0.1, 0.15) is 13.8 Å². The number of methoxy groups -OCH3 is 2. The molecule has 0 bridgehead atoms. The van der Waals surface area contributed by atoms with Crippen LogP contribution in [0, 0.1) is 0 Å². The van der Waals surface area contributed by atoms with E-state index in [4.69, 9.17) is 14.2 Å². The first-order chi connectivity index (χ1) is 7.50. The van der Waals surface area contributed by atoms with Crippen LogP contribution in [0.25, 0.3) is 0 Å². The summed E-state index contributed by atoms with van der Waals surface area (Å²) in [7, 11) is 3.23. The predicted molar refractivity (Wildman–Crippen MR) is 65.1 cm³/mol. The zero-order valence-corrected chi connectivity index (χ0v) is 11.5. The largest absolute Gasteiger partial charge is 0.490 e. The Balaban J connectivity index is 2.78. The van der Waals surface area contributed by atoms with Gasteiger partial charge in [0.2, 0.25) is 0 Å². The number of hydrogen-bond donors (Lipinski definition) is 0. The van der Waals surface area contributed by atoms with E-state index < -0.39 is 0 Å². The van der Waals surface area contributed by atoms with Crippen molar-refractivity contribution in [2.24, 2.45) is 0 Å². The van der Waals surface area contributed by atoms with Crippen LogP contribution in [0.3, 0.4) is 0 Å². The van der Waals surface area contributed by atoms with Crippen molar-refractivity contribution in [3.8, 4) is 11.6 Å². The molecule has 0 N–H and O–H groups in total. The Labute approximate surface area is 104 Å². The van der Waals surface area contributed by atoms with Crippen LogP contribution in [-0.2, 0) is 4.74 Å². The predicted octanol–water partition coefficient (Wildman–Crippen LogP) is 2.66. The second kappa shape index (κ2) is 5.50. The summed E-state index contributed by atoms with van der Waals surface area (Å²) in [6.07, 6.45) is 1.65. The molecule has 0 unspecified atom stereocenters. The third-order valence-corrected chi connectivity index (χ3v) is 2.76. The number of aromatic nitrogens is 1. The molecular formula is C11H16BrNO3. The van der Waals surface area contributed by atoms with Crippen LogP contribution in [0.15, 0.2) is 16.7 Å². The number of pyridine rings is 1. The van der Waals surface area contributed by atoms with Gasteiger partial charge in [-0.05, 0) is 35.8 Å². The molecule has 5 heteroatoms. The highest BCUT2D eigenvalue weighted by atomic mass is 79.9. The lowest BCUT2D eigenvalue weighted by molar-refractivity contribution is -0.0163. The van der Waals surface area contributed by atoms with E-state index in [9.17, 15) is 0 Å². The summed E-state index contributed by atoms with van der Waals surface area (Å²) in [6, 6.07) is 1.80. The molecule has 1 rings (SSSR count). The number of nitrogens with zero attached hydrogens (tertiary/aromatic N) is 1. The zero-order chi connectivity index (χ0) is 12.2. The molecule has 16 heavy (non-hydrogen) atoms. The van der Waals surface area contributed by atoms with E-state index >= 15 is 0 Å². The molecule has 0 amide bonds. The maximum Gasteiger partial charge on any atom is 0.258 e. The highest BCUT2D eigenvalue weighted by Gasteiger charge is 2.19. The maximum atomic E-state index is 5.57. The van der Waals surface area contributed by atoms with Gasteiger partial charge in [-0.2, -0.15) is 0 Å². The first-order valence-electron chi connectivity index (χ1n) is 4.86. The minimum absolute atomic E-state index is 0.352. The number of rotatable bonds is 5. The van der Waals surface area contributed by atoms with Gasteiger partial charge in [0, 0.05) is 13.3 Å². The van der Waals surface area contributed by atoms with Crippen molar-refractivity contribution in [3.05, 3.63) is 16.7 Å². The van der Waals surface area contributed by atoms with E-state index in [1.165, 1.54) is 0 Å². The van der Waals surface area contributed by atoms with Crippen molar-refractivity contribution >= 4 is 15.9 Å². The second-order valence-electron chi connectivity index (χ2n) is 3.88. The van der Waals surface area contributed by atoms with Gasteiger partial charge in [-0.25, -0.2) is 4.98 Å². The summed E-state index contributed by atoms with van der Waals surface area (Å²) in [5, 5.41) is 0. The Morgan fingerprint density at radius 2 is 2.06 bits per heavy atom. The number of hydrogen-bond acceptors (Lipinski definition) is 4. The third kappa shape index (κ3) is 3.35. The minimum Gasteiger partial charge on any atom is -0.490 e. The number of halogens is 1. The van der Waals surface area contributed by atoms with Crippen molar-refractivity contribution in [1.29, 1.82) is 0 Å². The van der Waals surface area contributed by atoms with Gasteiger partial charge in [-0.1, -0.05) is 0 Å². The lowest BCUT2D eigenvalue weighted by atomic mass is 10.1. The van der Waals surface area contributed by atoms with E-state index in [2.05, 4.69) is 20.9 Å². The van der Waals surface area contributed by atoms with Crippen molar-refractivity contribution in [1.82, 2.24) is 4.98 Å². The van der Waals surface area contributed by atoms with E-state index in [0.29, 0.717) is 18.2 Å². The molecule has 0 saturated carbocycles. The molecule has 1 aromatic rings. The summed E-state index contributed by atoms with van der Waals surface area (Å²) in [5.41, 5.74) is -0.352. The summed E-state index contributed by atoms with van der Waals surface area (Å²) in [4.78, 5) is 4.11. The van der Waals surface area contributed by atoms with Crippen molar-refractivity contribution in [2.45, 2.75) is 19.4 Å². The molecule has 0 aliphatic heterocycles. The van der Waals surface area contributed by atoms with Crippen molar-refractivity contribution in [3.63, 3.8) is 0 Å². The van der Waals surface area contributed by atoms with Gasteiger partial charge in [0.15, 0.2) is 5.75 Å². The molecule has 0 aromatic carbocycles. The fourth-order valence-corrected chi connectivity index (χ4v) is 1.45. The Kier molecular flexibility index (Phi) is 4.56. The first-order valence-corrected chi connectivity index (χ1v) is 5.66. The molecular weight excluding hydrogens is 274 g/mol. The molecule has 0 fully saturated rings. The Hall–Kier alpha value is -0.810. The minimum atomic E-state index is -0.352. The van der Waals surface area contributed by atoms with Crippen LogP contribution >= 0.6 is 15.9 Å². The SMILES string of the molecule is COc1c(Br)ccnc1OCC(C)(C)OC. The summed E-state index contributed by atoms with van der Waals surface area (Å²) in [6.45, 7) is 4.29. The Bertz CT molecular complexity index is 355. The summed E-state index contributed by atoms with van der Waals surface area (Å²) >= 11 is 3.37. The Morgan fingerprint density at radius 3 is 2.62 bits per heavy atom. The average molecular weight is 290 g/mol. The van der Waals surface area contributed by atoms with Crippen LogP contribution in [-0.4, -0.2) is 31.4 Å². The van der Waals surface area contributed by atoms with Gasteiger partial charge in [0.1, 0.15) is 6.61 Å². The van der Waals surface area contributed by atoms with Gasteiger partial charge in [-0.3, -0.25) is 0 Å². The molecule has 4 nitrogen and oxygen atoms in total. The van der Waals surface area contributed by atoms with E-state index in [1.54, 1.807) is 26.5 Å². The van der Waals surface area contributed by atoms with Crippen LogP contribution in [0.5, 0.6) is 11.6 Å². The van der Waals surface area contributed by atoms with Crippen molar-refractivity contribution in [2.75, 3.05) is 20.8 Å². The standard InChI is InChI=1S/C11H16BrNO3/c1-11(2,15-4)7-16-10-9(14-3)8(12)5-6-13-10/h5-6H,7H2,1-4H3. The molecule has 0 aliphatic carbocycles. The van der Waals surface area contributed by atoms with Gasteiger partial charge in [0.25, 0.3) is 5.88 Å². The molecule has 1 heterocycles. The fraction of sp³-hybridized carbons (Fsp3) is 0.545. The molecule has 0 spiro atoms. The van der Waals surface area contributed by atoms with Gasteiger partial charge < -0.3 is 14.2 Å².